The van der Waals surface area contributed by atoms with Crippen LogP contribution in [0.15, 0.2) is 48.6 Å². The summed E-state index contributed by atoms with van der Waals surface area (Å²) in [6, 6.07) is 12.4. The zero-order chi connectivity index (χ0) is 16.0. The molecule has 23 heavy (non-hydrogen) atoms. The first kappa shape index (κ1) is 14.1. The summed E-state index contributed by atoms with van der Waals surface area (Å²) in [5, 5.41) is 0. The number of ketones is 1. The van der Waals surface area contributed by atoms with Crippen LogP contribution in [0.3, 0.4) is 0 Å². The molecule has 3 heterocycles. The van der Waals surface area contributed by atoms with Gasteiger partial charge in [-0.2, -0.15) is 0 Å². The summed E-state index contributed by atoms with van der Waals surface area (Å²) in [5.74, 6) is 1.13. The van der Waals surface area contributed by atoms with Crippen LogP contribution in [0.25, 0.3) is 0 Å². The lowest BCUT2D eigenvalue weighted by Crippen LogP contribution is -2.44. The predicted molar refractivity (Wildman–Crippen MR) is 89.5 cm³/mol. The lowest BCUT2D eigenvalue weighted by atomic mass is 9.91. The molecular weight excluding hydrogens is 286 g/mol. The Morgan fingerprint density at radius 2 is 1.78 bits per heavy atom. The van der Waals surface area contributed by atoms with E-state index in [0.29, 0.717) is 11.9 Å². The maximum Gasteiger partial charge on any atom is 0.226 e. The standard InChI is InChI=1S/C19H19N3O/c1-12-10-13(2)21-19(20-12)22-16-8-9-18(23)17(22)11-15(16)14-6-4-3-5-7-14/h3-10,15-17H,11H2,1-2H3/t15-,16?,17?/m0/s1. The molecule has 2 aromatic rings. The summed E-state index contributed by atoms with van der Waals surface area (Å²) in [5.41, 5.74) is 3.14. The van der Waals surface area contributed by atoms with E-state index in [-0.39, 0.29) is 17.9 Å². The molecule has 2 unspecified atom stereocenters. The van der Waals surface area contributed by atoms with Gasteiger partial charge >= 0.3 is 0 Å². The predicted octanol–water partition coefficient (Wildman–Crippen LogP) is 2.96. The van der Waals surface area contributed by atoms with E-state index in [1.54, 1.807) is 6.08 Å². The fourth-order valence-corrected chi connectivity index (χ4v) is 3.81. The van der Waals surface area contributed by atoms with Gasteiger partial charge in [0, 0.05) is 17.3 Å². The van der Waals surface area contributed by atoms with E-state index in [4.69, 9.17) is 0 Å². The highest BCUT2D eigenvalue weighted by atomic mass is 16.1. The van der Waals surface area contributed by atoms with Crippen LogP contribution in [0.2, 0.25) is 0 Å². The van der Waals surface area contributed by atoms with E-state index in [9.17, 15) is 4.79 Å². The molecule has 2 aliphatic heterocycles. The first-order valence-corrected chi connectivity index (χ1v) is 8.01. The van der Waals surface area contributed by atoms with Gasteiger partial charge in [-0.1, -0.05) is 36.4 Å². The molecule has 0 N–H and O–H groups in total. The fraction of sp³-hybridized carbons (Fsp3) is 0.316. The van der Waals surface area contributed by atoms with Gasteiger partial charge in [0.05, 0.1) is 12.1 Å². The summed E-state index contributed by atoms with van der Waals surface area (Å²) >= 11 is 0. The Morgan fingerprint density at radius 3 is 2.48 bits per heavy atom. The third-order valence-corrected chi connectivity index (χ3v) is 4.76. The molecule has 0 radical (unpaired) electrons. The third-order valence-electron chi connectivity index (χ3n) is 4.76. The van der Waals surface area contributed by atoms with Crippen molar-refractivity contribution in [3.05, 3.63) is 65.5 Å². The van der Waals surface area contributed by atoms with Crippen molar-refractivity contribution in [2.24, 2.45) is 0 Å². The molecular formula is C19H19N3O. The van der Waals surface area contributed by atoms with Gasteiger partial charge in [-0.15, -0.1) is 0 Å². The van der Waals surface area contributed by atoms with Gasteiger partial charge in [-0.3, -0.25) is 4.79 Å². The lowest BCUT2D eigenvalue weighted by molar-refractivity contribution is -0.115. The number of fused-ring (bicyclic) bond motifs is 2. The number of aryl methyl sites for hydroxylation is 2. The van der Waals surface area contributed by atoms with E-state index < -0.39 is 0 Å². The minimum absolute atomic E-state index is 0.140. The van der Waals surface area contributed by atoms with Crippen molar-refractivity contribution in [1.29, 1.82) is 0 Å². The Balaban J connectivity index is 1.78. The number of carbonyl (C=O) groups is 1. The molecule has 116 valence electrons. The highest BCUT2D eigenvalue weighted by Gasteiger charge is 2.46. The topological polar surface area (TPSA) is 46.1 Å². The van der Waals surface area contributed by atoms with E-state index in [1.165, 1.54) is 5.56 Å². The number of hydrogen-bond acceptors (Lipinski definition) is 4. The first-order chi connectivity index (χ1) is 11.1. The lowest BCUT2D eigenvalue weighted by Gasteiger charge is -2.32. The summed E-state index contributed by atoms with van der Waals surface area (Å²) in [6.45, 7) is 3.94. The summed E-state index contributed by atoms with van der Waals surface area (Å²) in [7, 11) is 0. The fourth-order valence-electron chi connectivity index (χ4n) is 3.81. The Hall–Kier alpha value is -2.49. The van der Waals surface area contributed by atoms with E-state index in [1.807, 2.05) is 32.1 Å². The van der Waals surface area contributed by atoms with Gasteiger partial charge in [0.2, 0.25) is 5.95 Å². The van der Waals surface area contributed by atoms with Gasteiger partial charge in [0.1, 0.15) is 0 Å². The maximum absolute atomic E-state index is 12.4. The zero-order valence-electron chi connectivity index (χ0n) is 13.3. The molecule has 4 heteroatoms. The molecule has 1 aromatic heterocycles. The molecule has 2 aliphatic rings. The van der Waals surface area contributed by atoms with Crippen molar-refractivity contribution in [3.63, 3.8) is 0 Å². The van der Waals surface area contributed by atoms with Gasteiger partial charge in [-0.25, -0.2) is 9.97 Å². The minimum atomic E-state index is -0.156. The molecule has 1 aromatic carbocycles. The first-order valence-electron chi connectivity index (χ1n) is 8.01. The summed E-state index contributed by atoms with van der Waals surface area (Å²) < 4.78 is 0. The summed E-state index contributed by atoms with van der Waals surface area (Å²) in [4.78, 5) is 23.7. The molecule has 1 fully saturated rings. The van der Waals surface area contributed by atoms with Crippen LogP contribution >= 0.6 is 0 Å². The molecule has 1 saturated heterocycles. The molecule has 0 spiro atoms. The van der Waals surface area contributed by atoms with Crippen LogP contribution in [0.1, 0.15) is 29.3 Å². The monoisotopic (exact) mass is 305 g/mol. The van der Waals surface area contributed by atoms with Gasteiger partial charge in [-0.05, 0) is 38.0 Å². The van der Waals surface area contributed by atoms with E-state index in [2.05, 4.69) is 39.1 Å². The smallest absolute Gasteiger partial charge is 0.226 e. The minimum Gasteiger partial charge on any atom is -0.323 e. The number of nitrogens with zero attached hydrogens (tertiary/aromatic N) is 3. The third kappa shape index (κ3) is 2.34. The Labute approximate surface area is 135 Å². The molecule has 3 atom stereocenters. The molecule has 2 bridgehead atoms. The number of benzene rings is 1. The van der Waals surface area contributed by atoms with Crippen LogP contribution in [-0.2, 0) is 4.79 Å². The average molecular weight is 305 g/mol. The van der Waals surface area contributed by atoms with Crippen LogP contribution < -0.4 is 4.90 Å². The maximum atomic E-state index is 12.4. The van der Waals surface area contributed by atoms with Crippen LogP contribution in [0.4, 0.5) is 5.95 Å². The Bertz CT molecular complexity index is 764. The van der Waals surface area contributed by atoms with Crippen molar-refractivity contribution in [2.45, 2.75) is 38.3 Å². The number of rotatable bonds is 2. The van der Waals surface area contributed by atoms with Gasteiger partial charge < -0.3 is 4.90 Å². The SMILES string of the molecule is Cc1cc(C)nc(N2C3C[C@@H](c4ccccc4)C2C=CC3=O)n1. The van der Waals surface area contributed by atoms with Crippen molar-refractivity contribution in [1.82, 2.24) is 9.97 Å². The second kappa shape index (κ2) is 5.30. The molecule has 4 rings (SSSR count). The zero-order valence-corrected chi connectivity index (χ0v) is 13.3. The molecule has 0 saturated carbocycles. The van der Waals surface area contributed by atoms with Gasteiger partial charge in [0.25, 0.3) is 0 Å². The molecule has 4 nitrogen and oxygen atoms in total. The second-order valence-electron chi connectivity index (χ2n) is 6.38. The second-order valence-corrected chi connectivity index (χ2v) is 6.38. The Morgan fingerprint density at radius 1 is 1.09 bits per heavy atom. The summed E-state index contributed by atoms with van der Waals surface area (Å²) in [6.07, 6.45) is 4.57. The normalized spacial score (nSPS) is 25.9. The highest BCUT2D eigenvalue weighted by molar-refractivity contribution is 5.99. The van der Waals surface area contributed by atoms with Crippen molar-refractivity contribution in [3.8, 4) is 0 Å². The van der Waals surface area contributed by atoms with E-state index in [0.717, 1.165) is 17.8 Å². The largest absolute Gasteiger partial charge is 0.323 e. The number of carbonyl (C=O) groups excluding carboxylic acids is 1. The average Bonchev–Trinajstić information content (AvgIpc) is 2.84. The van der Waals surface area contributed by atoms with E-state index >= 15 is 0 Å². The van der Waals surface area contributed by atoms with Gasteiger partial charge in [0.15, 0.2) is 5.78 Å². The van der Waals surface area contributed by atoms with Crippen molar-refractivity contribution in [2.75, 3.05) is 4.90 Å². The molecule has 0 aliphatic carbocycles. The van der Waals surface area contributed by atoms with Crippen molar-refractivity contribution < 1.29 is 4.79 Å². The van der Waals surface area contributed by atoms with Crippen LogP contribution in [-0.4, -0.2) is 27.8 Å². The van der Waals surface area contributed by atoms with Crippen molar-refractivity contribution >= 4 is 11.7 Å². The highest BCUT2D eigenvalue weighted by Crippen LogP contribution is 2.42. The Kier molecular flexibility index (Phi) is 3.26. The quantitative estimate of drug-likeness (QED) is 0.856. The van der Waals surface area contributed by atoms with Crippen LogP contribution in [0.5, 0.6) is 0 Å². The number of anilines is 1. The molecule has 0 amide bonds. The van der Waals surface area contributed by atoms with Crippen LogP contribution in [0, 0.1) is 13.8 Å². The number of aromatic nitrogens is 2. The number of hydrogen-bond donors (Lipinski definition) is 0.